The molecule has 2 rings (SSSR count). The van der Waals surface area contributed by atoms with E-state index in [2.05, 4.69) is 10.3 Å². The van der Waals surface area contributed by atoms with Gasteiger partial charge < -0.3 is 10.4 Å². The number of aromatic nitrogens is 1. The zero-order valence-electron chi connectivity index (χ0n) is 7.73. The molecular weight excluding hydrogens is 180 g/mol. The average molecular weight is 192 g/mol. The standard InChI is InChI=1S/C10H12N2O2/c13-9-4-7(5-11-6-9)10(14)12-8-2-1-3-8/h4-6,8,13H,1-3H2,(H,12,14). The fourth-order valence-electron chi connectivity index (χ4n) is 1.37. The maximum atomic E-state index is 11.5. The molecule has 1 heterocycles. The molecular formula is C10H12N2O2. The smallest absolute Gasteiger partial charge is 0.253 e. The monoisotopic (exact) mass is 192 g/mol. The van der Waals surface area contributed by atoms with E-state index in [1.165, 1.54) is 24.9 Å². The third kappa shape index (κ3) is 1.84. The maximum absolute atomic E-state index is 11.5. The van der Waals surface area contributed by atoms with Gasteiger partial charge in [0.05, 0.1) is 11.8 Å². The lowest BCUT2D eigenvalue weighted by molar-refractivity contribution is 0.0916. The molecule has 0 saturated heterocycles. The number of carbonyl (C=O) groups is 1. The van der Waals surface area contributed by atoms with Crippen molar-refractivity contribution >= 4 is 5.91 Å². The van der Waals surface area contributed by atoms with Gasteiger partial charge in [-0.05, 0) is 25.3 Å². The molecule has 0 atom stereocenters. The topological polar surface area (TPSA) is 62.2 Å². The third-order valence-electron chi connectivity index (χ3n) is 2.43. The van der Waals surface area contributed by atoms with Gasteiger partial charge in [0.15, 0.2) is 0 Å². The molecule has 1 aliphatic rings. The summed E-state index contributed by atoms with van der Waals surface area (Å²) in [5, 5.41) is 12.0. The summed E-state index contributed by atoms with van der Waals surface area (Å²) < 4.78 is 0. The molecule has 0 spiro atoms. The van der Waals surface area contributed by atoms with E-state index in [1.54, 1.807) is 0 Å². The minimum atomic E-state index is -0.155. The van der Waals surface area contributed by atoms with Crippen molar-refractivity contribution in [3.8, 4) is 5.75 Å². The highest BCUT2D eigenvalue weighted by Crippen LogP contribution is 2.18. The Morgan fingerprint density at radius 2 is 2.29 bits per heavy atom. The van der Waals surface area contributed by atoms with Gasteiger partial charge in [0.25, 0.3) is 5.91 Å². The summed E-state index contributed by atoms with van der Waals surface area (Å²) in [6, 6.07) is 1.73. The number of amides is 1. The van der Waals surface area contributed by atoms with Crippen LogP contribution in [0.25, 0.3) is 0 Å². The largest absolute Gasteiger partial charge is 0.506 e. The zero-order chi connectivity index (χ0) is 9.97. The minimum absolute atomic E-state index is 0.0197. The van der Waals surface area contributed by atoms with Gasteiger partial charge in [0, 0.05) is 12.2 Å². The molecule has 1 amide bonds. The quantitative estimate of drug-likeness (QED) is 0.736. The molecule has 0 bridgehead atoms. The van der Waals surface area contributed by atoms with Crippen LogP contribution in [0.1, 0.15) is 29.6 Å². The van der Waals surface area contributed by atoms with E-state index >= 15 is 0 Å². The van der Waals surface area contributed by atoms with E-state index in [4.69, 9.17) is 5.11 Å². The molecule has 4 heteroatoms. The predicted molar refractivity (Wildman–Crippen MR) is 51.0 cm³/mol. The van der Waals surface area contributed by atoms with Crippen molar-refractivity contribution in [2.45, 2.75) is 25.3 Å². The van der Waals surface area contributed by atoms with Crippen LogP contribution in [0.15, 0.2) is 18.5 Å². The molecule has 1 aromatic heterocycles. The second-order valence-corrected chi connectivity index (χ2v) is 3.53. The van der Waals surface area contributed by atoms with E-state index in [0.29, 0.717) is 11.6 Å². The van der Waals surface area contributed by atoms with Crippen LogP contribution in [0.3, 0.4) is 0 Å². The Balaban J connectivity index is 2.02. The second-order valence-electron chi connectivity index (χ2n) is 3.53. The average Bonchev–Trinajstić information content (AvgIpc) is 2.11. The lowest BCUT2D eigenvalue weighted by atomic mass is 9.93. The molecule has 1 fully saturated rings. The van der Waals surface area contributed by atoms with Crippen LogP contribution in [0.2, 0.25) is 0 Å². The van der Waals surface area contributed by atoms with Crippen molar-refractivity contribution < 1.29 is 9.90 Å². The summed E-state index contributed by atoms with van der Waals surface area (Å²) in [4.78, 5) is 15.3. The van der Waals surface area contributed by atoms with Crippen LogP contribution < -0.4 is 5.32 Å². The van der Waals surface area contributed by atoms with Crippen molar-refractivity contribution in [1.82, 2.24) is 10.3 Å². The van der Waals surface area contributed by atoms with Gasteiger partial charge in [-0.3, -0.25) is 9.78 Å². The van der Waals surface area contributed by atoms with Gasteiger partial charge in [0.1, 0.15) is 5.75 Å². The molecule has 1 saturated carbocycles. The fraction of sp³-hybridized carbons (Fsp3) is 0.400. The summed E-state index contributed by atoms with van der Waals surface area (Å²) in [7, 11) is 0. The Hall–Kier alpha value is -1.58. The molecule has 14 heavy (non-hydrogen) atoms. The molecule has 1 aliphatic carbocycles. The fourth-order valence-corrected chi connectivity index (χ4v) is 1.37. The predicted octanol–water partition coefficient (Wildman–Crippen LogP) is 1.07. The Morgan fingerprint density at radius 3 is 2.86 bits per heavy atom. The van der Waals surface area contributed by atoms with Crippen molar-refractivity contribution in [1.29, 1.82) is 0 Å². The van der Waals surface area contributed by atoms with Crippen LogP contribution in [-0.2, 0) is 0 Å². The lowest BCUT2D eigenvalue weighted by Crippen LogP contribution is -2.39. The van der Waals surface area contributed by atoms with E-state index in [0.717, 1.165) is 12.8 Å². The third-order valence-corrected chi connectivity index (χ3v) is 2.43. The Morgan fingerprint density at radius 1 is 1.50 bits per heavy atom. The van der Waals surface area contributed by atoms with Gasteiger partial charge >= 0.3 is 0 Å². The number of carbonyl (C=O) groups excluding carboxylic acids is 1. The van der Waals surface area contributed by atoms with Gasteiger partial charge in [-0.15, -0.1) is 0 Å². The van der Waals surface area contributed by atoms with E-state index in [9.17, 15) is 4.79 Å². The van der Waals surface area contributed by atoms with E-state index in [1.807, 2.05) is 0 Å². The molecule has 0 unspecified atom stereocenters. The summed E-state index contributed by atoms with van der Waals surface area (Å²) in [6.45, 7) is 0. The SMILES string of the molecule is O=C(NC1CCC1)c1cncc(O)c1. The van der Waals surface area contributed by atoms with Crippen LogP contribution >= 0.6 is 0 Å². The minimum Gasteiger partial charge on any atom is -0.506 e. The van der Waals surface area contributed by atoms with E-state index < -0.39 is 0 Å². The molecule has 0 radical (unpaired) electrons. The maximum Gasteiger partial charge on any atom is 0.253 e. The summed E-state index contributed by atoms with van der Waals surface area (Å²) in [5.41, 5.74) is 0.414. The van der Waals surface area contributed by atoms with Gasteiger partial charge in [-0.25, -0.2) is 0 Å². The first-order chi connectivity index (χ1) is 6.75. The second kappa shape index (κ2) is 3.65. The number of rotatable bonds is 2. The van der Waals surface area contributed by atoms with Crippen molar-refractivity contribution in [2.75, 3.05) is 0 Å². The molecule has 1 aromatic rings. The zero-order valence-corrected chi connectivity index (χ0v) is 7.73. The van der Waals surface area contributed by atoms with E-state index in [-0.39, 0.29) is 11.7 Å². The first kappa shape index (κ1) is 8.99. The first-order valence-corrected chi connectivity index (χ1v) is 4.70. The highest BCUT2D eigenvalue weighted by atomic mass is 16.3. The van der Waals surface area contributed by atoms with Crippen molar-refractivity contribution in [3.05, 3.63) is 24.0 Å². The van der Waals surface area contributed by atoms with Crippen LogP contribution in [0, 0.1) is 0 Å². The molecule has 0 aromatic carbocycles. The number of nitrogens with zero attached hydrogens (tertiary/aromatic N) is 1. The number of hydrogen-bond acceptors (Lipinski definition) is 3. The highest BCUT2D eigenvalue weighted by Gasteiger charge is 2.20. The Bertz CT molecular complexity index is 348. The van der Waals surface area contributed by atoms with Crippen molar-refractivity contribution in [3.63, 3.8) is 0 Å². The van der Waals surface area contributed by atoms with Gasteiger partial charge in [-0.1, -0.05) is 0 Å². The summed E-state index contributed by atoms with van der Waals surface area (Å²) in [6.07, 6.45) is 6.05. The Labute approximate surface area is 82.0 Å². The Kier molecular flexibility index (Phi) is 2.35. The van der Waals surface area contributed by atoms with Crippen molar-refractivity contribution in [2.24, 2.45) is 0 Å². The number of nitrogens with one attached hydrogen (secondary N) is 1. The normalized spacial score (nSPS) is 16.0. The molecule has 0 aliphatic heterocycles. The molecule has 2 N–H and O–H groups in total. The van der Waals surface area contributed by atoms with Crippen LogP contribution in [0.4, 0.5) is 0 Å². The molecule has 74 valence electrons. The van der Waals surface area contributed by atoms with Gasteiger partial charge in [0.2, 0.25) is 0 Å². The number of aromatic hydroxyl groups is 1. The van der Waals surface area contributed by atoms with Crippen LogP contribution in [-0.4, -0.2) is 22.0 Å². The first-order valence-electron chi connectivity index (χ1n) is 4.70. The van der Waals surface area contributed by atoms with Crippen LogP contribution in [0.5, 0.6) is 5.75 Å². The molecule has 4 nitrogen and oxygen atoms in total. The lowest BCUT2D eigenvalue weighted by Gasteiger charge is -2.26. The number of pyridine rings is 1. The summed E-state index contributed by atoms with van der Waals surface area (Å²) >= 11 is 0. The highest BCUT2D eigenvalue weighted by molar-refractivity contribution is 5.94. The number of hydrogen-bond donors (Lipinski definition) is 2. The summed E-state index contributed by atoms with van der Waals surface area (Å²) in [5.74, 6) is -0.135. The van der Waals surface area contributed by atoms with Gasteiger partial charge in [-0.2, -0.15) is 0 Å².